The van der Waals surface area contributed by atoms with E-state index in [0.717, 1.165) is 38.9 Å². The number of hydrogen-bond acceptors (Lipinski definition) is 3. The van der Waals surface area contributed by atoms with Crippen molar-refractivity contribution >= 4 is 0 Å². The predicted octanol–water partition coefficient (Wildman–Crippen LogP) is 1.63. The third kappa shape index (κ3) is 3.01. The van der Waals surface area contributed by atoms with Crippen molar-refractivity contribution < 1.29 is 10.2 Å². The summed E-state index contributed by atoms with van der Waals surface area (Å²) in [6.45, 7) is 6.80. The van der Waals surface area contributed by atoms with Crippen LogP contribution in [0.15, 0.2) is 0 Å². The summed E-state index contributed by atoms with van der Waals surface area (Å²) in [7, 11) is 0. The zero-order valence-corrected chi connectivity index (χ0v) is 11.2. The van der Waals surface area contributed by atoms with Gasteiger partial charge in [-0.2, -0.15) is 0 Å². The first-order chi connectivity index (χ1) is 8.01. The minimum absolute atomic E-state index is 0.232. The minimum Gasteiger partial charge on any atom is -0.392 e. The van der Waals surface area contributed by atoms with Crippen LogP contribution in [0, 0.1) is 11.8 Å². The predicted molar refractivity (Wildman–Crippen MR) is 68.8 cm³/mol. The maximum atomic E-state index is 10.6. The monoisotopic (exact) mass is 241 g/mol. The molecule has 1 saturated carbocycles. The summed E-state index contributed by atoms with van der Waals surface area (Å²) in [4.78, 5) is 2.34. The zero-order valence-electron chi connectivity index (χ0n) is 11.2. The molecule has 0 amide bonds. The molecule has 100 valence electrons. The van der Waals surface area contributed by atoms with Crippen molar-refractivity contribution in [2.45, 2.75) is 57.7 Å². The van der Waals surface area contributed by atoms with E-state index in [4.69, 9.17) is 0 Å². The minimum atomic E-state index is -0.391. The second kappa shape index (κ2) is 5.25. The van der Waals surface area contributed by atoms with Gasteiger partial charge in [-0.25, -0.2) is 0 Å². The molecular weight excluding hydrogens is 214 g/mol. The van der Waals surface area contributed by atoms with Crippen LogP contribution in [0.4, 0.5) is 0 Å². The van der Waals surface area contributed by atoms with Crippen LogP contribution in [0.5, 0.6) is 0 Å². The van der Waals surface area contributed by atoms with Crippen LogP contribution >= 0.6 is 0 Å². The van der Waals surface area contributed by atoms with Crippen molar-refractivity contribution in [1.29, 1.82) is 0 Å². The molecule has 0 aromatic carbocycles. The molecule has 0 radical (unpaired) electrons. The van der Waals surface area contributed by atoms with Crippen LogP contribution < -0.4 is 0 Å². The SMILES string of the molecule is CC(C)C(O)CN1CCC2(O)CCCCC2C1. The number of piperidine rings is 1. The first-order valence-corrected chi connectivity index (χ1v) is 7.14. The average molecular weight is 241 g/mol. The van der Waals surface area contributed by atoms with Gasteiger partial charge >= 0.3 is 0 Å². The van der Waals surface area contributed by atoms with Crippen molar-refractivity contribution in [2.24, 2.45) is 11.8 Å². The van der Waals surface area contributed by atoms with Gasteiger partial charge in [0.05, 0.1) is 11.7 Å². The fourth-order valence-electron chi connectivity index (χ4n) is 3.28. The second-order valence-corrected chi connectivity index (χ2v) is 6.37. The first kappa shape index (κ1) is 13.3. The van der Waals surface area contributed by atoms with E-state index >= 15 is 0 Å². The lowest BCUT2D eigenvalue weighted by molar-refractivity contribution is -0.101. The van der Waals surface area contributed by atoms with Crippen LogP contribution in [0.25, 0.3) is 0 Å². The Morgan fingerprint density at radius 1 is 1.29 bits per heavy atom. The van der Waals surface area contributed by atoms with Gasteiger partial charge in [0.25, 0.3) is 0 Å². The van der Waals surface area contributed by atoms with E-state index < -0.39 is 5.60 Å². The van der Waals surface area contributed by atoms with E-state index in [1.165, 1.54) is 12.8 Å². The fraction of sp³-hybridized carbons (Fsp3) is 1.00. The second-order valence-electron chi connectivity index (χ2n) is 6.37. The van der Waals surface area contributed by atoms with E-state index in [2.05, 4.69) is 18.7 Å². The van der Waals surface area contributed by atoms with Crippen LogP contribution in [-0.4, -0.2) is 46.5 Å². The molecule has 0 aromatic rings. The molecule has 2 N–H and O–H groups in total. The molecular formula is C14H27NO2. The van der Waals surface area contributed by atoms with Gasteiger partial charge in [0.2, 0.25) is 0 Å². The number of fused-ring (bicyclic) bond motifs is 1. The molecule has 1 saturated heterocycles. The van der Waals surface area contributed by atoms with E-state index in [1.807, 2.05) is 0 Å². The molecule has 3 heteroatoms. The number of nitrogens with zero attached hydrogens (tertiary/aromatic N) is 1. The summed E-state index contributed by atoms with van der Waals surface area (Å²) >= 11 is 0. The van der Waals surface area contributed by atoms with E-state index in [1.54, 1.807) is 0 Å². The van der Waals surface area contributed by atoms with Gasteiger partial charge < -0.3 is 15.1 Å². The van der Waals surface area contributed by atoms with Gasteiger partial charge in [-0.1, -0.05) is 26.7 Å². The maximum absolute atomic E-state index is 10.6. The number of hydrogen-bond donors (Lipinski definition) is 2. The molecule has 3 unspecified atom stereocenters. The third-order valence-corrected chi connectivity index (χ3v) is 4.73. The summed E-state index contributed by atoms with van der Waals surface area (Å²) in [5.74, 6) is 0.756. The Morgan fingerprint density at radius 2 is 2.06 bits per heavy atom. The average Bonchev–Trinajstić information content (AvgIpc) is 2.29. The first-order valence-electron chi connectivity index (χ1n) is 7.14. The number of likely N-dealkylation sites (tertiary alicyclic amines) is 1. The highest BCUT2D eigenvalue weighted by molar-refractivity contribution is 4.95. The Kier molecular flexibility index (Phi) is 4.11. The summed E-state index contributed by atoms with van der Waals surface area (Å²) < 4.78 is 0. The van der Waals surface area contributed by atoms with Crippen molar-refractivity contribution in [3.63, 3.8) is 0 Å². The molecule has 1 aliphatic carbocycles. The topological polar surface area (TPSA) is 43.7 Å². The standard InChI is InChI=1S/C14H27NO2/c1-11(2)13(16)10-15-8-7-14(17)6-4-3-5-12(14)9-15/h11-13,16-17H,3-10H2,1-2H3. The summed E-state index contributed by atoms with van der Waals surface area (Å²) in [6.07, 6.45) is 5.24. The lowest BCUT2D eigenvalue weighted by atomic mass is 9.71. The highest BCUT2D eigenvalue weighted by atomic mass is 16.3. The largest absolute Gasteiger partial charge is 0.392 e. The van der Waals surface area contributed by atoms with Crippen LogP contribution in [0.2, 0.25) is 0 Å². The normalized spacial score (nSPS) is 36.9. The molecule has 3 nitrogen and oxygen atoms in total. The third-order valence-electron chi connectivity index (χ3n) is 4.73. The van der Waals surface area contributed by atoms with Gasteiger partial charge in [0.15, 0.2) is 0 Å². The number of β-amino-alcohol motifs (C(OH)–C–C–N with tert-alkyl or cyclic N) is 1. The van der Waals surface area contributed by atoms with Crippen molar-refractivity contribution in [3.8, 4) is 0 Å². The van der Waals surface area contributed by atoms with Crippen molar-refractivity contribution in [1.82, 2.24) is 4.90 Å². The lowest BCUT2D eigenvalue weighted by Gasteiger charge is -2.48. The van der Waals surface area contributed by atoms with Crippen LogP contribution in [0.3, 0.4) is 0 Å². The number of aliphatic hydroxyl groups excluding tert-OH is 1. The number of rotatable bonds is 3. The molecule has 17 heavy (non-hydrogen) atoms. The summed E-state index contributed by atoms with van der Waals surface area (Å²) in [5.41, 5.74) is -0.391. The summed E-state index contributed by atoms with van der Waals surface area (Å²) in [6, 6.07) is 0. The van der Waals surface area contributed by atoms with Crippen molar-refractivity contribution in [3.05, 3.63) is 0 Å². The molecule has 2 fully saturated rings. The molecule has 2 rings (SSSR count). The quantitative estimate of drug-likeness (QED) is 0.789. The van der Waals surface area contributed by atoms with E-state index in [-0.39, 0.29) is 6.10 Å². The molecule has 3 atom stereocenters. The fourth-order valence-corrected chi connectivity index (χ4v) is 3.28. The Hall–Kier alpha value is -0.120. The highest BCUT2D eigenvalue weighted by Gasteiger charge is 2.42. The van der Waals surface area contributed by atoms with E-state index in [9.17, 15) is 10.2 Å². The summed E-state index contributed by atoms with van der Waals surface area (Å²) in [5, 5.41) is 20.5. The molecule has 0 aromatic heterocycles. The van der Waals surface area contributed by atoms with Gasteiger partial charge in [-0.3, -0.25) is 0 Å². The Bertz CT molecular complexity index is 257. The van der Waals surface area contributed by atoms with Crippen molar-refractivity contribution in [2.75, 3.05) is 19.6 Å². The molecule has 0 spiro atoms. The van der Waals surface area contributed by atoms with Crippen LogP contribution in [-0.2, 0) is 0 Å². The zero-order chi connectivity index (χ0) is 12.5. The van der Waals surface area contributed by atoms with Gasteiger partial charge in [0.1, 0.15) is 0 Å². The Balaban J connectivity index is 1.89. The van der Waals surface area contributed by atoms with Gasteiger partial charge in [0, 0.05) is 25.6 Å². The lowest BCUT2D eigenvalue weighted by Crippen LogP contribution is -2.54. The van der Waals surface area contributed by atoms with Gasteiger partial charge in [-0.05, 0) is 25.2 Å². The smallest absolute Gasteiger partial charge is 0.0700 e. The molecule has 0 bridgehead atoms. The highest BCUT2D eigenvalue weighted by Crippen LogP contribution is 2.39. The Labute approximate surface area is 105 Å². The number of aliphatic hydroxyl groups is 2. The van der Waals surface area contributed by atoms with Gasteiger partial charge in [-0.15, -0.1) is 0 Å². The maximum Gasteiger partial charge on any atom is 0.0700 e. The Morgan fingerprint density at radius 3 is 2.76 bits per heavy atom. The molecule has 1 heterocycles. The van der Waals surface area contributed by atoms with E-state index in [0.29, 0.717) is 11.8 Å². The molecule has 1 aliphatic heterocycles. The van der Waals surface area contributed by atoms with Crippen LogP contribution in [0.1, 0.15) is 46.0 Å². The molecule has 2 aliphatic rings.